The molecule has 0 amide bonds. The number of hydrogen-bond donors (Lipinski definition) is 1. The second-order valence-corrected chi connectivity index (χ2v) is 18.4. The van der Waals surface area contributed by atoms with Crippen molar-refractivity contribution in [3.05, 3.63) is 0 Å². The fraction of sp³-hybridized carbons (Fsp3) is 0.882. The Labute approximate surface area is 134 Å². The Balaban J connectivity index is 4.14. The molecule has 0 aromatic carbocycles. The molecule has 4 heteroatoms. The highest BCUT2D eigenvalue weighted by atomic mass is 28.4. The molecule has 0 fully saturated rings. The van der Waals surface area contributed by atoms with Gasteiger partial charge < -0.3 is 9.53 Å². The zero-order valence-electron chi connectivity index (χ0n) is 15.7. The molecule has 0 saturated heterocycles. The van der Waals surface area contributed by atoms with Crippen molar-refractivity contribution >= 4 is 16.4 Å². The molecule has 0 aromatic rings. The van der Waals surface area contributed by atoms with Crippen molar-refractivity contribution in [2.75, 3.05) is 6.61 Å². The van der Waals surface area contributed by atoms with Crippen molar-refractivity contribution in [3.63, 3.8) is 0 Å². The van der Waals surface area contributed by atoms with Gasteiger partial charge in [-0.15, -0.1) is 5.54 Å². The van der Waals surface area contributed by atoms with E-state index >= 15 is 0 Å². The monoisotopic (exact) mass is 328 g/mol. The van der Waals surface area contributed by atoms with Crippen LogP contribution in [0.25, 0.3) is 0 Å². The van der Waals surface area contributed by atoms with Gasteiger partial charge in [0.1, 0.15) is 13.7 Å². The van der Waals surface area contributed by atoms with Gasteiger partial charge in [-0.2, -0.15) is 0 Å². The third kappa shape index (κ3) is 9.52. The maximum atomic E-state index is 10.3. The minimum Gasteiger partial charge on any atom is -0.417 e. The minimum atomic E-state index is -1.63. The standard InChI is InChI=1S/C17H36O2Si2/c1-16(2,3)21(8,9)19-14-11-10-12-17(4,18)13-15-20(5,6)7/h18H,10-12,14H2,1-9H3. The maximum Gasteiger partial charge on any atom is 0.191 e. The molecule has 1 unspecified atom stereocenters. The van der Waals surface area contributed by atoms with Crippen molar-refractivity contribution in [1.29, 1.82) is 0 Å². The molecule has 0 rings (SSSR count). The first-order valence-electron chi connectivity index (χ1n) is 8.07. The molecule has 124 valence electrons. The highest BCUT2D eigenvalue weighted by Gasteiger charge is 2.36. The van der Waals surface area contributed by atoms with E-state index in [1.54, 1.807) is 0 Å². The van der Waals surface area contributed by atoms with E-state index in [4.69, 9.17) is 4.43 Å². The Bertz CT molecular complexity index is 376. The molecule has 0 spiro atoms. The van der Waals surface area contributed by atoms with Crippen LogP contribution in [0.1, 0.15) is 47.0 Å². The van der Waals surface area contributed by atoms with Gasteiger partial charge in [-0.05, 0) is 44.3 Å². The van der Waals surface area contributed by atoms with E-state index in [0.29, 0.717) is 0 Å². The van der Waals surface area contributed by atoms with Crippen molar-refractivity contribution in [2.45, 2.75) is 90.3 Å². The molecule has 0 bridgehead atoms. The predicted octanol–water partition coefficient (Wildman–Crippen LogP) is 4.81. The Morgan fingerprint density at radius 3 is 1.90 bits per heavy atom. The quantitative estimate of drug-likeness (QED) is 0.431. The molecule has 0 aliphatic heterocycles. The van der Waals surface area contributed by atoms with Crippen LogP contribution >= 0.6 is 0 Å². The van der Waals surface area contributed by atoms with Crippen LogP contribution < -0.4 is 0 Å². The lowest BCUT2D eigenvalue weighted by molar-refractivity contribution is 0.107. The lowest BCUT2D eigenvalue weighted by Gasteiger charge is -2.36. The van der Waals surface area contributed by atoms with E-state index in [9.17, 15) is 5.11 Å². The number of hydrogen-bond acceptors (Lipinski definition) is 2. The van der Waals surface area contributed by atoms with Gasteiger partial charge in [0, 0.05) is 6.61 Å². The average molecular weight is 329 g/mol. The Morgan fingerprint density at radius 1 is 0.952 bits per heavy atom. The van der Waals surface area contributed by atoms with Crippen molar-refractivity contribution in [2.24, 2.45) is 0 Å². The van der Waals surface area contributed by atoms with Crippen LogP contribution in [-0.4, -0.2) is 33.7 Å². The summed E-state index contributed by atoms with van der Waals surface area (Å²) in [5.74, 6) is 3.07. The van der Waals surface area contributed by atoms with Gasteiger partial charge in [0.2, 0.25) is 0 Å². The molecule has 0 radical (unpaired) electrons. The summed E-state index contributed by atoms with van der Waals surface area (Å²) in [7, 11) is -3.03. The van der Waals surface area contributed by atoms with E-state index in [1.807, 2.05) is 6.92 Å². The van der Waals surface area contributed by atoms with Gasteiger partial charge in [0.05, 0.1) is 0 Å². The Morgan fingerprint density at radius 2 is 1.48 bits per heavy atom. The highest BCUT2D eigenvalue weighted by molar-refractivity contribution is 6.83. The topological polar surface area (TPSA) is 29.5 Å². The number of aliphatic hydroxyl groups is 1. The van der Waals surface area contributed by atoms with E-state index < -0.39 is 22.0 Å². The summed E-state index contributed by atoms with van der Waals surface area (Å²) in [6.07, 6.45) is 2.69. The van der Waals surface area contributed by atoms with Crippen LogP contribution in [0.5, 0.6) is 0 Å². The summed E-state index contributed by atoms with van der Waals surface area (Å²) in [5, 5.41) is 10.5. The van der Waals surface area contributed by atoms with Crippen LogP contribution in [-0.2, 0) is 4.43 Å². The SMILES string of the molecule is CC(O)(C#C[Si](C)(C)C)CCCCO[Si](C)(C)C(C)(C)C. The third-order valence-corrected chi connectivity index (χ3v) is 9.45. The van der Waals surface area contributed by atoms with Crippen LogP contribution in [0, 0.1) is 11.5 Å². The molecule has 0 saturated carbocycles. The Kier molecular flexibility index (Phi) is 7.42. The van der Waals surface area contributed by atoms with Crippen LogP contribution in [0.3, 0.4) is 0 Å². The van der Waals surface area contributed by atoms with Gasteiger partial charge in [-0.25, -0.2) is 0 Å². The molecule has 0 aliphatic rings. The average Bonchev–Trinajstić information content (AvgIpc) is 2.23. The summed E-state index contributed by atoms with van der Waals surface area (Å²) in [4.78, 5) is 0. The summed E-state index contributed by atoms with van der Waals surface area (Å²) in [5.41, 5.74) is 2.41. The van der Waals surface area contributed by atoms with Crippen LogP contribution in [0.4, 0.5) is 0 Å². The first-order valence-corrected chi connectivity index (χ1v) is 14.5. The normalized spacial score (nSPS) is 16.1. The molecule has 0 heterocycles. The van der Waals surface area contributed by atoms with Crippen molar-refractivity contribution < 1.29 is 9.53 Å². The fourth-order valence-electron chi connectivity index (χ4n) is 1.50. The van der Waals surface area contributed by atoms with Crippen LogP contribution in [0.15, 0.2) is 0 Å². The summed E-state index contributed by atoms with van der Waals surface area (Å²) in [6.45, 7) is 20.6. The Hall–Kier alpha value is -0.0862. The molecule has 21 heavy (non-hydrogen) atoms. The number of unbranched alkanes of at least 4 members (excludes halogenated alkanes) is 1. The first kappa shape index (κ1) is 20.9. The maximum absolute atomic E-state index is 10.3. The van der Waals surface area contributed by atoms with E-state index in [0.717, 1.165) is 25.9 Å². The summed E-state index contributed by atoms with van der Waals surface area (Å²) < 4.78 is 6.15. The van der Waals surface area contributed by atoms with Gasteiger partial charge in [0.25, 0.3) is 0 Å². The van der Waals surface area contributed by atoms with Gasteiger partial charge >= 0.3 is 0 Å². The van der Waals surface area contributed by atoms with E-state index in [1.165, 1.54) is 0 Å². The molecule has 1 N–H and O–H groups in total. The van der Waals surface area contributed by atoms with Gasteiger partial charge in [0.15, 0.2) is 8.32 Å². The highest BCUT2D eigenvalue weighted by Crippen LogP contribution is 2.36. The summed E-state index contributed by atoms with van der Waals surface area (Å²) in [6, 6.07) is 0. The van der Waals surface area contributed by atoms with Crippen molar-refractivity contribution in [1.82, 2.24) is 0 Å². The van der Waals surface area contributed by atoms with Gasteiger partial charge in [-0.3, -0.25) is 0 Å². The number of rotatable bonds is 6. The van der Waals surface area contributed by atoms with Gasteiger partial charge in [-0.1, -0.05) is 46.3 Å². The van der Waals surface area contributed by atoms with Crippen LogP contribution in [0.2, 0.25) is 37.8 Å². The molecule has 0 aromatic heterocycles. The lowest BCUT2D eigenvalue weighted by Crippen LogP contribution is -2.41. The van der Waals surface area contributed by atoms with E-state index in [2.05, 4.69) is 65.0 Å². The zero-order valence-corrected chi connectivity index (χ0v) is 17.7. The smallest absolute Gasteiger partial charge is 0.191 e. The third-order valence-electron chi connectivity index (χ3n) is 4.03. The zero-order chi connectivity index (χ0) is 16.9. The minimum absolute atomic E-state index is 0.265. The second kappa shape index (κ2) is 7.45. The molecule has 0 aliphatic carbocycles. The second-order valence-electron chi connectivity index (χ2n) is 8.84. The fourth-order valence-corrected chi connectivity index (χ4v) is 3.23. The largest absolute Gasteiger partial charge is 0.417 e. The lowest BCUT2D eigenvalue weighted by atomic mass is 10.0. The summed E-state index contributed by atoms with van der Waals surface area (Å²) >= 11 is 0. The van der Waals surface area contributed by atoms with E-state index in [-0.39, 0.29) is 5.04 Å². The molecule has 2 nitrogen and oxygen atoms in total. The molecular weight excluding hydrogens is 292 g/mol. The molecule has 1 atom stereocenters. The first-order chi connectivity index (χ1) is 9.16. The van der Waals surface area contributed by atoms with Crippen molar-refractivity contribution in [3.8, 4) is 11.5 Å². The predicted molar refractivity (Wildman–Crippen MR) is 98.7 cm³/mol. The molecular formula is C17H36O2Si2.